The molecular formula is C19H30O3. The molecule has 0 N–H and O–H groups in total. The quantitative estimate of drug-likeness (QED) is 0.731. The smallest absolute Gasteiger partial charge is 0.312 e. The van der Waals surface area contributed by atoms with Crippen LogP contribution in [0.25, 0.3) is 0 Å². The van der Waals surface area contributed by atoms with Crippen LogP contribution in [0.15, 0.2) is 0 Å². The number of ether oxygens (including phenoxy) is 1. The first kappa shape index (κ1) is 16.0. The predicted octanol–water partition coefficient (Wildman–Crippen LogP) is 4.28. The zero-order valence-corrected chi connectivity index (χ0v) is 14.8. The summed E-state index contributed by atoms with van der Waals surface area (Å²) in [5, 5.41) is 0. The van der Waals surface area contributed by atoms with Crippen LogP contribution in [0.2, 0.25) is 0 Å². The Labute approximate surface area is 134 Å². The second-order valence-corrected chi connectivity index (χ2v) is 9.67. The van der Waals surface area contributed by atoms with Gasteiger partial charge in [-0.1, -0.05) is 20.8 Å². The van der Waals surface area contributed by atoms with Gasteiger partial charge in [-0.2, -0.15) is 0 Å². The van der Waals surface area contributed by atoms with Gasteiger partial charge in [0.1, 0.15) is 0 Å². The predicted molar refractivity (Wildman–Crippen MR) is 85.3 cm³/mol. The normalized spacial score (nSPS) is 44.0. The van der Waals surface area contributed by atoms with Crippen LogP contribution in [0.4, 0.5) is 0 Å². The van der Waals surface area contributed by atoms with E-state index in [1.54, 1.807) is 0 Å². The number of esters is 1. The first-order chi connectivity index (χ1) is 10.0. The van der Waals surface area contributed by atoms with E-state index in [2.05, 4.69) is 13.8 Å². The molecule has 0 aromatic carbocycles. The first-order valence-electron chi connectivity index (χ1n) is 8.78. The lowest BCUT2D eigenvalue weighted by molar-refractivity contribution is -0.191. The second-order valence-electron chi connectivity index (χ2n) is 9.67. The summed E-state index contributed by atoms with van der Waals surface area (Å²) in [6, 6.07) is 0. The Kier molecular flexibility index (Phi) is 3.33. The number of carbonyl (C=O) groups is 2. The van der Waals surface area contributed by atoms with Crippen LogP contribution in [0.1, 0.15) is 79.6 Å². The Balaban J connectivity index is 1.97. The van der Waals surface area contributed by atoms with Crippen LogP contribution in [-0.4, -0.2) is 17.4 Å². The topological polar surface area (TPSA) is 43.4 Å². The van der Waals surface area contributed by atoms with E-state index in [4.69, 9.17) is 4.74 Å². The lowest BCUT2D eigenvalue weighted by Gasteiger charge is -2.55. The molecule has 4 fully saturated rings. The van der Waals surface area contributed by atoms with Crippen LogP contribution in [0.5, 0.6) is 0 Å². The fourth-order valence-electron chi connectivity index (χ4n) is 5.73. The highest BCUT2D eigenvalue weighted by molar-refractivity contribution is 5.91. The second kappa shape index (κ2) is 4.58. The van der Waals surface area contributed by atoms with Crippen molar-refractivity contribution >= 4 is 11.8 Å². The number of hydrogen-bond acceptors (Lipinski definition) is 3. The van der Waals surface area contributed by atoms with E-state index in [1.165, 1.54) is 6.42 Å². The molecule has 4 bridgehead atoms. The van der Waals surface area contributed by atoms with Crippen molar-refractivity contribution < 1.29 is 14.3 Å². The molecule has 0 heterocycles. The van der Waals surface area contributed by atoms with Gasteiger partial charge >= 0.3 is 5.97 Å². The van der Waals surface area contributed by atoms with Crippen molar-refractivity contribution in [3.63, 3.8) is 0 Å². The van der Waals surface area contributed by atoms with E-state index in [1.807, 2.05) is 20.8 Å². The standard InChI is InChI=1S/C19H30O3/c1-6-16(2,3)15(21)22-19-11-17(4)8-13(7-14(19)20)9-18(5,10-17)12-19/h13H,6-12H2,1-5H3. The van der Waals surface area contributed by atoms with E-state index in [9.17, 15) is 9.59 Å². The third-order valence-corrected chi connectivity index (χ3v) is 6.55. The van der Waals surface area contributed by atoms with E-state index < -0.39 is 11.0 Å². The zero-order valence-electron chi connectivity index (χ0n) is 14.8. The van der Waals surface area contributed by atoms with E-state index in [-0.39, 0.29) is 22.6 Å². The van der Waals surface area contributed by atoms with Gasteiger partial charge in [0, 0.05) is 6.42 Å². The molecule has 2 unspecified atom stereocenters. The third-order valence-electron chi connectivity index (χ3n) is 6.55. The summed E-state index contributed by atoms with van der Waals surface area (Å²) >= 11 is 0. The van der Waals surface area contributed by atoms with Crippen LogP contribution in [0.3, 0.4) is 0 Å². The number of carbonyl (C=O) groups excluding carboxylic acids is 2. The van der Waals surface area contributed by atoms with E-state index >= 15 is 0 Å². The molecule has 124 valence electrons. The van der Waals surface area contributed by atoms with Crippen LogP contribution in [0, 0.1) is 22.2 Å². The summed E-state index contributed by atoms with van der Waals surface area (Å²) in [4.78, 5) is 25.6. The minimum atomic E-state index is -0.851. The average Bonchev–Trinajstić information content (AvgIpc) is 2.45. The molecule has 3 heteroatoms. The summed E-state index contributed by atoms with van der Waals surface area (Å²) in [6.07, 6.45) is 6.20. The first-order valence-corrected chi connectivity index (χ1v) is 8.78. The summed E-state index contributed by atoms with van der Waals surface area (Å²) in [5.41, 5.74) is -1.06. The van der Waals surface area contributed by atoms with Crippen molar-refractivity contribution in [2.24, 2.45) is 22.2 Å². The van der Waals surface area contributed by atoms with Crippen molar-refractivity contribution in [2.75, 3.05) is 0 Å². The lowest BCUT2D eigenvalue weighted by Crippen LogP contribution is -2.55. The lowest BCUT2D eigenvalue weighted by atomic mass is 9.52. The maximum absolute atomic E-state index is 12.9. The number of fused-ring (bicyclic) bond motifs is 1. The minimum absolute atomic E-state index is 0.152. The van der Waals surface area contributed by atoms with Gasteiger partial charge in [-0.25, -0.2) is 0 Å². The van der Waals surface area contributed by atoms with Crippen molar-refractivity contribution in [1.82, 2.24) is 0 Å². The molecule has 0 saturated heterocycles. The summed E-state index contributed by atoms with van der Waals surface area (Å²) < 4.78 is 6.04. The van der Waals surface area contributed by atoms with Crippen LogP contribution in [-0.2, 0) is 14.3 Å². The molecule has 0 aromatic heterocycles. The minimum Gasteiger partial charge on any atom is -0.451 e. The van der Waals surface area contributed by atoms with Crippen molar-refractivity contribution in [3.8, 4) is 0 Å². The molecule has 4 aliphatic rings. The largest absolute Gasteiger partial charge is 0.451 e. The van der Waals surface area contributed by atoms with Gasteiger partial charge in [0.05, 0.1) is 5.41 Å². The highest BCUT2D eigenvalue weighted by atomic mass is 16.6. The van der Waals surface area contributed by atoms with Gasteiger partial charge < -0.3 is 4.74 Å². The molecule has 4 saturated carbocycles. The Morgan fingerprint density at radius 2 is 1.73 bits per heavy atom. The molecule has 0 radical (unpaired) electrons. The van der Waals surface area contributed by atoms with Gasteiger partial charge in [-0.05, 0) is 69.1 Å². The Hall–Kier alpha value is -0.860. The van der Waals surface area contributed by atoms with Crippen molar-refractivity contribution in [3.05, 3.63) is 0 Å². The molecule has 4 aliphatic carbocycles. The molecule has 0 spiro atoms. The molecule has 3 nitrogen and oxygen atoms in total. The van der Waals surface area contributed by atoms with Gasteiger partial charge in [-0.3, -0.25) is 9.59 Å². The molecular weight excluding hydrogens is 276 g/mol. The summed E-state index contributed by atoms with van der Waals surface area (Å²) in [6.45, 7) is 10.4. The van der Waals surface area contributed by atoms with Crippen LogP contribution >= 0.6 is 0 Å². The third kappa shape index (κ3) is 2.41. The molecule has 0 amide bonds. The van der Waals surface area contributed by atoms with Gasteiger partial charge in [0.2, 0.25) is 0 Å². The fourth-order valence-corrected chi connectivity index (χ4v) is 5.73. The molecule has 4 rings (SSSR count). The molecule has 2 atom stereocenters. The number of rotatable bonds is 3. The molecule has 0 aromatic rings. The maximum atomic E-state index is 12.9. The summed E-state index contributed by atoms with van der Waals surface area (Å²) in [7, 11) is 0. The SMILES string of the molecule is CCC(C)(C)C(=O)OC12CC3(C)CC(CC1=O)CC(C)(C3)C2. The van der Waals surface area contributed by atoms with Gasteiger partial charge in [0.15, 0.2) is 11.4 Å². The zero-order chi connectivity index (χ0) is 16.4. The Morgan fingerprint density at radius 3 is 2.23 bits per heavy atom. The number of ketones is 1. The highest BCUT2D eigenvalue weighted by Crippen LogP contribution is 2.64. The maximum Gasteiger partial charge on any atom is 0.312 e. The monoisotopic (exact) mass is 306 g/mol. The summed E-state index contributed by atoms with van der Waals surface area (Å²) in [5.74, 6) is 0.471. The van der Waals surface area contributed by atoms with Gasteiger partial charge in [0.25, 0.3) is 0 Å². The van der Waals surface area contributed by atoms with E-state index in [0.717, 1.165) is 32.1 Å². The Bertz CT molecular complexity index is 501. The number of hydrogen-bond donors (Lipinski definition) is 0. The van der Waals surface area contributed by atoms with E-state index in [0.29, 0.717) is 12.3 Å². The highest BCUT2D eigenvalue weighted by Gasteiger charge is 2.62. The molecule has 22 heavy (non-hydrogen) atoms. The Morgan fingerprint density at radius 1 is 1.18 bits per heavy atom. The van der Waals surface area contributed by atoms with Crippen LogP contribution < -0.4 is 0 Å². The van der Waals surface area contributed by atoms with Crippen molar-refractivity contribution in [2.45, 2.75) is 85.2 Å². The fraction of sp³-hybridized carbons (Fsp3) is 0.895. The average molecular weight is 306 g/mol. The molecule has 0 aliphatic heterocycles. The number of Topliss-reactive ketones (excluding diaryl/α,β-unsaturated/α-hetero) is 1. The van der Waals surface area contributed by atoms with Gasteiger partial charge in [-0.15, -0.1) is 0 Å². The van der Waals surface area contributed by atoms with Crippen molar-refractivity contribution in [1.29, 1.82) is 0 Å².